The lowest BCUT2D eigenvalue weighted by Gasteiger charge is -2.34. The van der Waals surface area contributed by atoms with E-state index in [1.807, 2.05) is 0 Å². The second kappa shape index (κ2) is 9.91. The number of piperazine rings is 1. The van der Waals surface area contributed by atoms with Gasteiger partial charge < -0.3 is 19.5 Å². The standard InChI is InChI=1S/C20H21N7O6S/c1-2-33-20(30)25-9-7-24(8-10-25)16(28)12-34-19-22-17-15(18(29)23-19)11-21-26(17)13-3-5-14(6-4-13)27(31)32/h3-6,11H,2,7-10,12H2,1H3,(H,22,23,29). The molecule has 1 N–H and O–H groups in total. The number of hydrogen-bond acceptors (Lipinski definition) is 9. The largest absolute Gasteiger partial charge is 0.450 e. The maximum atomic E-state index is 12.6. The number of thioether (sulfide) groups is 1. The molecule has 1 aromatic carbocycles. The van der Waals surface area contributed by atoms with E-state index < -0.39 is 10.5 Å². The van der Waals surface area contributed by atoms with Crippen molar-refractivity contribution in [3.05, 3.63) is 50.9 Å². The monoisotopic (exact) mass is 487 g/mol. The number of aromatic amines is 1. The molecular formula is C20H21N7O6S. The number of nitrogens with zero attached hydrogens (tertiary/aromatic N) is 6. The van der Waals surface area contributed by atoms with Crippen LogP contribution in [0.3, 0.4) is 0 Å². The van der Waals surface area contributed by atoms with Crippen molar-refractivity contribution in [1.29, 1.82) is 0 Å². The molecular weight excluding hydrogens is 466 g/mol. The lowest BCUT2D eigenvalue weighted by Crippen LogP contribution is -2.51. The number of ether oxygens (including phenoxy) is 1. The molecule has 13 nitrogen and oxygen atoms in total. The van der Waals surface area contributed by atoms with Crippen LogP contribution in [-0.4, -0.2) is 85.0 Å². The summed E-state index contributed by atoms with van der Waals surface area (Å²) in [4.78, 5) is 57.6. The third-order valence-corrected chi connectivity index (χ3v) is 6.07. The number of benzene rings is 1. The van der Waals surface area contributed by atoms with Crippen molar-refractivity contribution in [3.63, 3.8) is 0 Å². The second-order valence-electron chi connectivity index (χ2n) is 7.29. The minimum atomic E-state index is -0.504. The van der Waals surface area contributed by atoms with Gasteiger partial charge in [0.05, 0.1) is 29.2 Å². The molecule has 0 unspecified atom stereocenters. The SMILES string of the molecule is CCOC(=O)N1CCN(C(=O)CSc2nc3c(cnn3-c3ccc([N+](=O)[O-])cc3)c(=O)[nH]2)CC1. The van der Waals surface area contributed by atoms with E-state index in [9.17, 15) is 24.5 Å². The topological polar surface area (TPSA) is 157 Å². The first kappa shape index (κ1) is 23.2. The fourth-order valence-electron chi connectivity index (χ4n) is 3.45. The molecule has 3 heterocycles. The summed E-state index contributed by atoms with van der Waals surface area (Å²) in [6.45, 7) is 3.62. The first-order chi connectivity index (χ1) is 16.4. The minimum Gasteiger partial charge on any atom is -0.450 e. The van der Waals surface area contributed by atoms with Crippen LogP contribution in [0.2, 0.25) is 0 Å². The molecule has 0 atom stereocenters. The van der Waals surface area contributed by atoms with Crippen LogP contribution in [-0.2, 0) is 9.53 Å². The summed E-state index contributed by atoms with van der Waals surface area (Å²) in [6, 6.07) is 5.71. The van der Waals surface area contributed by atoms with Crippen molar-refractivity contribution < 1.29 is 19.2 Å². The number of amides is 2. The highest BCUT2D eigenvalue weighted by molar-refractivity contribution is 7.99. The van der Waals surface area contributed by atoms with E-state index in [1.165, 1.54) is 35.1 Å². The van der Waals surface area contributed by atoms with E-state index in [-0.39, 0.29) is 39.6 Å². The molecule has 4 rings (SSSR count). The first-order valence-electron chi connectivity index (χ1n) is 10.4. The molecule has 1 aliphatic rings. The minimum absolute atomic E-state index is 0.0551. The zero-order valence-electron chi connectivity index (χ0n) is 18.2. The van der Waals surface area contributed by atoms with Gasteiger partial charge >= 0.3 is 6.09 Å². The average molecular weight is 487 g/mol. The van der Waals surface area contributed by atoms with Crippen LogP contribution in [0, 0.1) is 10.1 Å². The van der Waals surface area contributed by atoms with Gasteiger partial charge in [0.2, 0.25) is 5.91 Å². The van der Waals surface area contributed by atoms with Crippen molar-refractivity contribution in [2.45, 2.75) is 12.1 Å². The van der Waals surface area contributed by atoms with E-state index in [0.717, 1.165) is 11.8 Å². The third-order valence-electron chi connectivity index (χ3n) is 5.21. The van der Waals surface area contributed by atoms with Crippen LogP contribution in [0.25, 0.3) is 16.7 Å². The van der Waals surface area contributed by atoms with Crippen molar-refractivity contribution >= 4 is 40.5 Å². The summed E-state index contributed by atoms with van der Waals surface area (Å²) in [6.07, 6.45) is 0.981. The van der Waals surface area contributed by atoms with Crippen LogP contribution in [0.4, 0.5) is 10.5 Å². The van der Waals surface area contributed by atoms with Gasteiger partial charge in [0.15, 0.2) is 10.8 Å². The second-order valence-corrected chi connectivity index (χ2v) is 8.26. The van der Waals surface area contributed by atoms with Gasteiger partial charge in [-0.15, -0.1) is 0 Å². The molecule has 0 aliphatic carbocycles. The fourth-order valence-corrected chi connectivity index (χ4v) is 4.20. The summed E-state index contributed by atoms with van der Waals surface area (Å²) in [5.74, 6) is -0.0837. The van der Waals surface area contributed by atoms with E-state index in [2.05, 4.69) is 15.1 Å². The zero-order valence-corrected chi connectivity index (χ0v) is 19.0. The lowest BCUT2D eigenvalue weighted by molar-refractivity contribution is -0.384. The number of nitrogens with one attached hydrogen (secondary N) is 1. The maximum Gasteiger partial charge on any atom is 0.409 e. The van der Waals surface area contributed by atoms with Gasteiger partial charge in [-0.2, -0.15) is 5.10 Å². The Hall–Kier alpha value is -3.94. The van der Waals surface area contributed by atoms with Crippen molar-refractivity contribution in [2.24, 2.45) is 0 Å². The Balaban J connectivity index is 1.44. The normalized spacial score (nSPS) is 13.8. The number of carbonyl (C=O) groups is 2. The summed E-state index contributed by atoms with van der Waals surface area (Å²) in [5, 5.41) is 15.6. The predicted molar refractivity (Wildman–Crippen MR) is 122 cm³/mol. The summed E-state index contributed by atoms with van der Waals surface area (Å²) < 4.78 is 6.39. The lowest BCUT2D eigenvalue weighted by atomic mass is 10.3. The Morgan fingerprint density at radius 3 is 2.50 bits per heavy atom. The summed E-state index contributed by atoms with van der Waals surface area (Å²) >= 11 is 1.09. The number of hydrogen-bond donors (Lipinski definition) is 1. The Kier molecular flexibility index (Phi) is 6.77. The van der Waals surface area contributed by atoms with Gasteiger partial charge in [0.25, 0.3) is 11.2 Å². The highest BCUT2D eigenvalue weighted by Crippen LogP contribution is 2.20. The average Bonchev–Trinajstić information content (AvgIpc) is 3.27. The molecule has 178 valence electrons. The number of nitro groups is 1. The van der Waals surface area contributed by atoms with E-state index in [1.54, 1.807) is 16.7 Å². The van der Waals surface area contributed by atoms with Crippen LogP contribution in [0.1, 0.15) is 6.92 Å². The van der Waals surface area contributed by atoms with E-state index in [0.29, 0.717) is 38.5 Å². The number of H-pyrrole nitrogens is 1. The van der Waals surface area contributed by atoms with Gasteiger partial charge in [0.1, 0.15) is 5.39 Å². The summed E-state index contributed by atoms with van der Waals surface area (Å²) in [5.41, 5.74) is 0.306. The highest BCUT2D eigenvalue weighted by Gasteiger charge is 2.25. The van der Waals surface area contributed by atoms with E-state index >= 15 is 0 Å². The van der Waals surface area contributed by atoms with E-state index in [4.69, 9.17) is 4.74 Å². The number of nitro benzene ring substituents is 1. The predicted octanol–water partition coefficient (Wildman–Crippen LogP) is 1.41. The Bertz CT molecular complexity index is 1280. The molecule has 14 heteroatoms. The third kappa shape index (κ3) is 4.85. The van der Waals surface area contributed by atoms with Gasteiger partial charge in [-0.05, 0) is 19.1 Å². The quantitative estimate of drug-likeness (QED) is 0.235. The Morgan fingerprint density at radius 2 is 1.85 bits per heavy atom. The zero-order chi connectivity index (χ0) is 24.2. The number of carbonyl (C=O) groups excluding carboxylic acids is 2. The fraction of sp³-hybridized carbons (Fsp3) is 0.350. The van der Waals surface area contributed by atoms with Crippen LogP contribution >= 0.6 is 11.8 Å². The first-order valence-corrected chi connectivity index (χ1v) is 11.4. The molecule has 1 aliphatic heterocycles. The molecule has 0 radical (unpaired) electrons. The van der Waals surface area contributed by atoms with Crippen LogP contribution in [0.5, 0.6) is 0 Å². The number of non-ortho nitro benzene ring substituents is 1. The molecule has 34 heavy (non-hydrogen) atoms. The molecule has 0 saturated carbocycles. The molecule has 1 fully saturated rings. The molecule has 2 aromatic heterocycles. The number of rotatable bonds is 6. The molecule has 2 amide bonds. The highest BCUT2D eigenvalue weighted by atomic mass is 32.2. The van der Waals surface area contributed by atoms with Crippen LogP contribution in [0.15, 0.2) is 40.4 Å². The molecule has 0 spiro atoms. The number of aromatic nitrogens is 4. The van der Waals surface area contributed by atoms with Gasteiger partial charge in [-0.1, -0.05) is 11.8 Å². The Morgan fingerprint density at radius 1 is 1.18 bits per heavy atom. The molecule has 0 bridgehead atoms. The maximum absolute atomic E-state index is 12.6. The molecule has 3 aromatic rings. The van der Waals surface area contributed by atoms with Crippen molar-refractivity contribution in [2.75, 3.05) is 38.5 Å². The van der Waals surface area contributed by atoms with Gasteiger partial charge in [-0.25, -0.2) is 14.5 Å². The van der Waals surface area contributed by atoms with Crippen molar-refractivity contribution in [1.82, 2.24) is 29.5 Å². The summed E-state index contributed by atoms with van der Waals surface area (Å²) in [7, 11) is 0. The van der Waals surface area contributed by atoms with Crippen LogP contribution < -0.4 is 5.56 Å². The number of fused-ring (bicyclic) bond motifs is 1. The van der Waals surface area contributed by atoms with Crippen molar-refractivity contribution in [3.8, 4) is 5.69 Å². The van der Waals surface area contributed by atoms with Gasteiger partial charge in [-0.3, -0.25) is 19.7 Å². The molecule has 1 saturated heterocycles. The Labute approximate surface area is 196 Å². The van der Waals surface area contributed by atoms with Gasteiger partial charge in [0, 0.05) is 38.3 Å². The smallest absolute Gasteiger partial charge is 0.409 e.